The number of carbonyl (C=O) groups excluding carboxylic acids is 1. The van der Waals surface area contributed by atoms with Gasteiger partial charge in [-0.1, -0.05) is 6.08 Å². The Kier molecular flexibility index (Phi) is 3.91. The van der Waals surface area contributed by atoms with Gasteiger partial charge in [-0.2, -0.15) is 0 Å². The highest BCUT2D eigenvalue weighted by Crippen LogP contribution is 2.28. The molecular weight excluding hydrogens is 248 g/mol. The number of benzene rings is 1. The third-order valence-corrected chi connectivity index (χ3v) is 2.78. The quantitative estimate of drug-likeness (QED) is 0.669. The van der Waals surface area contributed by atoms with Gasteiger partial charge in [-0.15, -0.1) is 0 Å². The molecule has 0 saturated heterocycles. The molecule has 2 rings (SSSR count). The van der Waals surface area contributed by atoms with Crippen LogP contribution in [0.5, 0.6) is 0 Å². The molecule has 0 bridgehead atoms. The van der Waals surface area contributed by atoms with E-state index in [4.69, 9.17) is 4.74 Å². The summed E-state index contributed by atoms with van der Waals surface area (Å²) in [4.78, 5) is 21.5. The van der Waals surface area contributed by atoms with Crippen molar-refractivity contribution in [1.82, 2.24) is 0 Å². The SMILES string of the molecule is CC(=O)Nc1cc(C2=CCOCC2)cc([N+](=O)[O-])c1. The molecule has 1 amide bonds. The average Bonchev–Trinajstić information content (AvgIpc) is 2.38. The van der Waals surface area contributed by atoms with Crippen LogP contribution in [0, 0.1) is 10.1 Å². The van der Waals surface area contributed by atoms with Crippen molar-refractivity contribution in [2.24, 2.45) is 0 Å². The zero-order valence-electron chi connectivity index (χ0n) is 10.5. The van der Waals surface area contributed by atoms with Crippen molar-refractivity contribution in [2.45, 2.75) is 13.3 Å². The fourth-order valence-electron chi connectivity index (χ4n) is 1.97. The van der Waals surface area contributed by atoms with Crippen LogP contribution in [-0.4, -0.2) is 24.0 Å². The Morgan fingerprint density at radius 3 is 2.79 bits per heavy atom. The van der Waals surface area contributed by atoms with E-state index in [0.717, 1.165) is 11.1 Å². The third-order valence-electron chi connectivity index (χ3n) is 2.78. The summed E-state index contributed by atoms with van der Waals surface area (Å²) in [6.07, 6.45) is 2.61. The number of ether oxygens (including phenoxy) is 1. The molecule has 1 aromatic carbocycles. The molecular formula is C13H14N2O4. The summed E-state index contributed by atoms with van der Waals surface area (Å²) in [6.45, 7) is 2.48. The second-order valence-electron chi connectivity index (χ2n) is 4.26. The number of nitrogens with one attached hydrogen (secondary N) is 1. The van der Waals surface area contributed by atoms with Gasteiger partial charge in [0.1, 0.15) is 0 Å². The zero-order valence-corrected chi connectivity index (χ0v) is 10.5. The van der Waals surface area contributed by atoms with Gasteiger partial charge in [0.05, 0.1) is 18.1 Å². The van der Waals surface area contributed by atoms with Gasteiger partial charge in [0.25, 0.3) is 5.69 Å². The smallest absolute Gasteiger partial charge is 0.272 e. The lowest BCUT2D eigenvalue weighted by Gasteiger charge is -2.14. The van der Waals surface area contributed by atoms with Crippen LogP contribution in [0.1, 0.15) is 18.9 Å². The lowest BCUT2D eigenvalue weighted by atomic mass is 10.0. The van der Waals surface area contributed by atoms with Crippen molar-refractivity contribution >= 4 is 22.9 Å². The van der Waals surface area contributed by atoms with Gasteiger partial charge in [0, 0.05) is 24.7 Å². The Morgan fingerprint density at radius 2 is 2.21 bits per heavy atom. The molecule has 19 heavy (non-hydrogen) atoms. The second-order valence-corrected chi connectivity index (χ2v) is 4.26. The van der Waals surface area contributed by atoms with E-state index in [0.29, 0.717) is 25.3 Å². The normalized spacial score (nSPS) is 14.7. The maximum absolute atomic E-state index is 11.1. The number of hydrogen-bond acceptors (Lipinski definition) is 4. The minimum Gasteiger partial charge on any atom is -0.377 e. The second kappa shape index (κ2) is 5.62. The van der Waals surface area contributed by atoms with Crippen LogP contribution >= 0.6 is 0 Å². The number of nitrogens with zero attached hydrogens (tertiary/aromatic N) is 1. The zero-order chi connectivity index (χ0) is 13.8. The van der Waals surface area contributed by atoms with Crippen LogP contribution in [0.4, 0.5) is 11.4 Å². The largest absolute Gasteiger partial charge is 0.377 e. The predicted molar refractivity (Wildman–Crippen MR) is 70.8 cm³/mol. The van der Waals surface area contributed by atoms with Crippen LogP contribution < -0.4 is 5.32 Å². The maximum Gasteiger partial charge on any atom is 0.272 e. The molecule has 0 atom stereocenters. The number of rotatable bonds is 3. The predicted octanol–water partition coefficient (Wildman–Crippen LogP) is 2.36. The van der Waals surface area contributed by atoms with Crippen LogP contribution in [0.25, 0.3) is 5.57 Å². The van der Waals surface area contributed by atoms with Crippen LogP contribution in [0.15, 0.2) is 24.3 Å². The van der Waals surface area contributed by atoms with Crippen molar-refractivity contribution in [2.75, 3.05) is 18.5 Å². The van der Waals surface area contributed by atoms with Crippen molar-refractivity contribution in [3.05, 3.63) is 40.0 Å². The van der Waals surface area contributed by atoms with Gasteiger partial charge in [0.15, 0.2) is 0 Å². The van der Waals surface area contributed by atoms with Gasteiger partial charge in [-0.05, 0) is 23.6 Å². The molecule has 0 unspecified atom stereocenters. The van der Waals surface area contributed by atoms with Gasteiger partial charge in [-0.25, -0.2) is 0 Å². The number of anilines is 1. The molecule has 100 valence electrons. The van der Waals surface area contributed by atoms with E-state index in [1.54, 1.807) is 6.07 Å². The number of nitro groups is 1. The fraction of sp³-hybridized carbons (Fsp3) is 0.308. The maximum atomic E-state index is 11.1. The molecule has 0 spiro atoms. The summed E-state index contributed by atoms with van der Waals surface area (Å²) >= 11 is 0. The molecule has 1 heterocycles. The summed E-state index contributed by atoms with van der Waals surface area (Å²) in [5.74, 6) is -0.257. The van der Waals surface area contributed by atoms with Crippen LogP contribution in [0.2, 0.25) is 0 Å². The molecule has 1 aromatic rings. The number of nitro benzene ring substituents is 1. The Labute approximate surface area is 110 Å². The highest BCUT2D eigenvalue weighted by Gasteiger charge is 2.14. The van der Waals surface area contributed by atoms with E-state index < -0.39 is 4.92 Å². The molecule has 0 aromatic heterocycles. The average molecular weight is 262 g/mol. The fourth-order valence-corrected chi connectivity index (χ4v) is 1.97. The first kappa shape index (κ1) is 13.2. The summed E-state index contributed by atoms with van der Waals surface area (Å²) in [6, 6.07) is 4.61. The van der Waals surface area contributed by atoms with Gasteiger partial charge >= 0.3 is 0 Å². The van der Waals surface area contributed by atoms with E-state index in [2.05, 4.69) is 5.32 Å². The molecule has 1 aliphatic rings. The standard InChI is InChI=1S/C13H14N2O4/c1-9(16)14-12-6-11(7-13(8-12)15(17)18)10-2-4-19-5-3-10/h2,6-8H,3-5H2,1H3,(H,14,16). The Hall–Kier alpha value is -2.21. The lowest BCUT2D eigenvalue weighted by molar-refractivity contribution is -0.384. The summed E-state index contributed by atoms with van der Waals surface area (Å²) in [7, 11) is 0. The monoisotopic (exact) mass is 262 g/mol. The number of amides is 1. The molecule has 0 saturated carbocycles. The highest BCUT2D eigenvalue weighted by atomic mass is 16.6. The molecule has 1 aliphatic heterocycles. The molecule has 6 heteroatoms. The van der Waals surface area contributed by atoms with E-state index in [1.807, 2.05) is 6.08 Å². The summed E-state index contributed by atoms with van der Waals surface area (Å²) in [5.41, 5.74) is 2.15. The van der Waals surface area contributed by atoms with Gasteiger partial charge < -0.3 is 10.1 Å². The van der Waals surface area contributed by atoms with Crippen molar-refractivity contribution in [1.29, 1.82) is 0 Å². The molecule has 0 aliphatic carbocycles. The Balaban J connectivity index is 2.41. The van der Waals surface area contributed by atoms with Gasteiger partial charge in [0.2, 0.25) is 5.91 Å². The summed E-state index contributed by atoms with van der Waals surface area (Å²) in [5, 5.41) is 13.5. The molecule has 0 radical (unpaired) electrons. The highest BCUT2D eigenvalue weighted by molar-refractivity contribution is 5.90. The topological polar surface area (TPSA) is 81.5 Å². The van der Waals surface area contributed by atoms with E-state index in [1.165, 1.54) is 19.1 Å². The summed E-state index contributed by atoms with van der Waals surface area (Å²) < 4.78 is 5.21. The van der Waals surface area contributed by atoms with Crippen molar-refractivity contribution in [3.63, 3.8) is 0 Å². The third kappa shape index (κ3) is 3.38. The Bertz CT molecular complexity index is 552. The number of carbonyl (C=O) groups is 1. The van der Waals surface area contributed by atoms with E-state index in [9.17, 15) is 14.9 Å². The minimum atomic E-state index is -0.464. The van der Waals surface area contributed by atoms with Gasteiger partial charge in [-0.3, -0.25) is 14.9 Å². The Morgan fingerprint density at radius 1 is 1.42 bits per heavy atom. The van der Waals surface area contributed by atoms with Crippen molar-refractivity contribution in [3.8, 4) is 0 Å². The minimum absolute atomic E-state index is 0.0337. The van der Waals surface area contributed by atoms with E-state index >= 15 is 0 Å². The number of non-ortho nitro benzene ring substituents is 1. The molecule has 0 fully saturated rings. The first-order chi connectivity index (χ1) is 9.06. The van der Waals surface area contributed by atoms with Crippen LogP contribution in [-0.2, 0) is 9.53 Å². The lowest BCUT2D eigenvalue weighted by Crippen LogP contribution is -2.08. The van der Waals surface area contributed by atoms with E-state index in [-0.39, 0.29) is 11.6 Å². The molecule has 6 nitrogen and oxygen atoms in total. The number of hydrogen-bond donors (Lipinski definition) is 1. The first-order valence-electron chi connectivity index (χ1n) is 5.90. The first-order valence-corrected chi connectivity index (χ1v) is 5.90. The van der Waals surface area contributed by atoms with Crippen LogP contribution in [0.3, 0.4) is 0 Å². The molecule has 1 N–H and O–H groups in total. The van der Waals surface area contributed by atoms with Crippen molar-refractivity contribution < 1.29 is 14.5 Å².